The molecule has 0 fully saturated rings. The fourth-order valence-electron chi connectivity index (χ4n) is 1.96. The van der Waals surface area contributed by atoms with Gasteiger partial charge in [0.1, 0.15) is 0 Å². The lowest BCUT2D eigenvalue weighted by atomic mass is 10.4. The zero-order valence-corrected chi connectivity index (χ0v) is 10.0. The number of hydrogen-bond acceptors (Lipinski definition) is 0. The minimum Gasteiger partial charge on any atom is -0.0650 e. The Morgan fingerprint density at radius 2 is 1.31 bits per heavy atom. The third-order valence-electron chi connectivity index (χ3n) is 2.35. The van der Waals surface area contributed by atoms with Crippen LogP contribution in [0.25, 0.3) is 0 Å². The first-order chi connectivity index (χ1) is 6.13. The Bertz CT molecular complexity index is 231. The van der Waals surface area contributed by atoms with Crippen LogP contribution in [0.3, 0.4) is 0 Å². The molecule has 0 spiro atoms. The van der Waals surface area contributed by atoms with E-state index >= 15 is 0 Å². The summed E-state index contributed by atoms with van der Waals surface area (Å²) < 4.78 is 0. The van der Waals surface area contributed by atoms with E-state index in [9.17, 15) is 0 Å². The quantitative estimate of drug-likeness (QED) is 0.644. The van der Waals surface area contributed by atoms with Gasteiger partial charge in [0.25, 0.3) is 0 Å². The van der Waals surface area contributed by atoms with Gasteiger partial charge >= 0.3 is 0 Å². The second-order valence-electron chi connectivity index (χ2n) is 4.13. The van der Waals surface area contributed by atoms with Crippen LogP contribution in [0.4, 0.5) is 0 Å². The van der Waals surface area contributed by atoms with Crippen LogP contribution < -0.4 is 5.19 Å². The van der Waals surface area contributed by atoms with Crippen LogP contribution in [0.5, 0.6) is 0 Å². The maximum atomic E-state index is 2.35. The SMILES string of the molecule is CC(C)[Si](c1ccccc1)C(C)C. The van der Waals surface area contributed by atoms with Crippen molar-refractivity contribution in [3.8, 4) is 0 Å². The number of hydrogen-bond donors (Lipinski definition) is 0. The molecule has 1 rings (SSSR count). The van der Waals surface area contributed by atoms with E-state index in [0.717, 1.165) is 11.1 Å². The van der Waals surface area contributed by atoms with Crippen LogP contribution in [-0.4, -0.2) is 8.80 Å². The molecule has 0 saturated carbocycles. The largest absolute Gasteiger partial charge is 0.0910 e. The summed E-state index contributed by atoms with van der Waals surface area (Å²) in [6.45, 7) is 9.39. The maximum Gasteiger partial charge on any atom is 0.0910 e. The molecule has 0 amide bonds. The van der Waals surface area contributed by atoms with Gasteiger partial charge in [-0.1, -0.05) is 63.2 Å². The van der Waals surface area contributed by atoms with Gasteiger partial charge in [-0.3, -0.25) is 0 Å². The van der Waals surface area contributed by atoms with Crippen LogP contribution in [-0.2, 0) is 0 Å². The molecule has 71 valence electrons. The van der Waals surface area contributed by atoms with Crippen molar-refractivity contribution in [3.63, 3.8) is 0 Å². The molecular formula is C12H19Si. The molecule has 0 bridgehead atoms. The fraction of sp³-hybridized carbons (Fsp3) is 0.500. The molecule has 0 unspecified atom stereocenters. The van der Waals surface area contributed by atoms with Crippen molar-refractivity contribution in [2.45, 2.75) is 38.8 Å². The van der Waals surface area contributed by atoms with Crippen LogP contribution in [0.15, 0.2) is 30.3 Å². The molecule has 0 atom stereocenters. The van der Waals surface area contributed by atoms with Gasteiger partial charge in [0, 0.05) is 0 Å². The minimum absolute atomic E-state index is 0.356. The molecule has 1 aromatic carbocycles. The van der Waals surface area contributed by atoms with Crippen molar-refractivity contribution in [1.29, 1.82) is 0 Å². The van der Waals surface area contributed by atoms with Crippen LogP contribution in [0, 0.1) is 0 Å². The summed E-state index contributed by atoms with van der Waals surface area (Å²) >= 11 is 0. The predicted molar refractivity (Wildman–Crippen MR) is 62.0 cm³/mol. The highest BCUT2D eigenvalue weighted by molar-refractivity contribution is 6.75. The van der Waals surface area contributed by atoms with Crippen LogP contribution in [0.1, 0.15) is 27.7 Å². The third kappa shape index (κ3) is 2.70. The molecule has 0 aromatic heterocycles. The fourth-order valence-corrected chi connectivity index (χ4v) is 5.21. The van der Waals surface area contributed by atoms with E-state index in [-0.39, 0.29) is 8.80 Å². The van der Waals surface area contributed by atoms with Gasteiger partial charge in [0.15, 0.2) is 0 Å². The molecule has 1 aromatic rings. The third-order valence-corrected chi connectivity index (χ3v) is 5.84. The summed E-state index contributed by atoms with van der Waals surface area (Å²) in [5, 5.41) is 1.58. The van der Waals surface area contributed by atoms with Crippen molar-refractivity contribution in [2.24, 2.45) is 0 Å². The van der Waals surface area contributed by atoms with Crippen molar-refractivity contribution < 1.29 is 0 Å². The highest BCUT2D eigenvalue weighted by Gasteiger charge is 2.21. The smallest absolute Gasteiger partial charge is 0.0650 e. The summed E-state index contributed by atoms with van der Waals surface area (Å²) in [6.07, 6.45) is 0. The standard InChI is InChI=1S/C12H19Si/c1-10(2)13(11(3)4)12-8-6-5-7-9-12/h5-11H,1-4H3. The highest BCUT2D eigenvalue weighted by atomic mass is 28.3. The van der Waals surface area contributed by atoms with E-state index in [1.165, 1.54) is 0 Å². The van der Waals surface area contributed by atoms with Gasteiger partial charge in [0.2, 0.25) is 0 Å². The zero-order valence-electron chi connectivity index (χ0n) is 9.04. The second kappa shape index (κ2) is 4.61. The first-order valence-electron chi connectivity index (χ1n) is 5.05. The summed E-state index contributed by atoms with van der Waals surface area (Å²) in [5.41, 5.74) is 1.65. The van der Waals surface area contributed by atoms with Crippen molar-refractivity contribution in [1.82, 2.24) is 0 Å². The van der Waals surface area contributed by atoms with Crippen molar-refractivity contribution in [3.05, 3.63) is 30.3 Å². The summed E-state index contributed by atoms with van der Waals surface area (Å²) in [4.78, 5) is 0. The Balaban J connectivity index is 2.89. The molecule has 0 aliphatic heterocycles. The molecule has 0 heterocycles. The first-order valence-corrected chi connectivity index (χ1v) is 6.70. The van der Waals surface area contributed by atoms with Gasteiger partial charge in [-0.2, -0.15) is 0 Å². The molecule has 0 aliphatic carbocycles. The van der Waals surface area contributed by atoms with Crippen molar-refractivity contribution >= 4 is 14.0 Å². The van der Waals surface area contributed by atoms with E-state index in [1.54, 1.807) is 5.19 Å². The van der Waals surface area contributed by atoms with Crippen LogP contribution >= 0.6 is 0 Å². The van der Waals surface area contributed by atoms with E-state index in [2.05, 4.69) is 58.0 Å². The molecule has 0 N–H and O–H groups in total. The zero-order chi connectivity index (χ0) is 9.84. The number of rotatable bonds is 3. The lowest BCUT2D eigenvalue weighted by Crippen LogP contribution is -2.35. The first kappa shape index (κ1) is 10.5. The van der Waals surface area contributed by atoms with Gasteiger partial charge < -0.3 is 0 Å². The Labute approximate surface area is 83.6 Å². The molecule has 1 radical (unpaired) electrons. The van der Waals surface area contributed by atoms with Crippen molar-refractivity contribution in [2.75, 3.05) is 0 Å². The second-order valence-corrected chi connectivity index (χ2v) is 7.93. The van der Waals surface area contributed by atoms with E-state index in [4.69, 9.17) is 0 Å². The average molecular weight is 191 g/mol. The van der Waals surface area contributed by atoms with Gasteiger partial charge in [0.05, 0.1) is 8.80 Å². The molecule has 1 heteroatoms. The molecule has 0 saturated heterocycles. The van der Waals surface area contributed by atoms with Gasteiger partial charge in [-0.25, -0.2) is 0 Å². The monoisotopic (exact) mass is 191 g/mol. The van der Waals surface area contributed by atoms with E-state index in [1.807, 2.05) is 0 Å². The Morgan fingerprint density at radius 3 is 1.69 bits per heavy atom. The van der Waals surface area contributed by atoms with Crippen LogP contribution in [0.2, 0.25) is 11.1 Å². The summed E-state index contributed by atoms with van der Waals surface area (Å²) in [5.74, 6) is 0. The minimum atomic E-state index is -0.356. The van der Waals surface area contributed by atoms with Gasteiger partial charge in [-0.15, -0.1) is 0 Å². The maximum absolute atomic E-state index is 2.35. The highest BCUT2D eigenvalue weighted by Crippen LogP contribution is 2.19. The normalized spacial score (nSPS) is 11.6. The Hall–Kier alpha value is -0.563. The summed E-state index contributed by atoms with van der Waals surface area (Å²) in [7, 11) is -0.356. The molecule has 13 heavy (non-hydrogen) atoms. The Kier molecular flexibility index (Phi) is 3.73. The molecule has 0 aliphatic rings. The van der Waals surface area contributed by atoms with E-state index < -0.39 is 0 Å². The number of benzene rings is 1. The lowest BCUT2D eigenvalue weighted by Gasteiger charge is -2.22. The van der Waals surface area contributed by atoms with Gasteiger partial charge in [-0.05, 0) is 11.1 Å². The Morgan fingerprint density at radius 1 is 0.846 bits per heavy atom. The lowest BCUT2D eigenvalue weighted by molar-refractivity contribution is 0.951. The topological polar surface area (TPSA) is 0 Å². The average Bonchev–Trinajstić information content (AvgIpc) is 2.04. The predicted octanol–water partition coefficient (Wildman–Crippen LogP) is 3.21. The molecule has 0 nitrogen and oxygen atoms in total. The summed E-state index contributed by atoms with van der Waals surface area (Å²) in [6, 6.07) is 11.0. The molecular weight excluding hydrogens is 172 g/mol. The van der Waals surface area contributed by atoms with E-state index in [0.29, 0.717) is 0 Å².